The number of amides is 1. The molecule has 180 valence electrons. The van der Waals surface area contributed by atoms with E-state index in [0.717, 1.165) is 22.4 Å². The number of carbonyl (C=O) groups excluding carboxylic acids is 1. The molecule has 1 fully saturated rings. The molecule has 0 aliphatic carbocycles. The molecule has 4 aromatic rings. The average Bonchev–Trinajstić information content (AvgIpc) is 3.37. The van der Waals surface area contributed by atoms with Crippen molar-refractivity contribution < 1.29 is 9.72 Å². The number of fused-ring (bicyclic) bond motifs is 1. The number of hydrogen-bond donors (Lipinski definition) is 0. The highest BCUT2D eigenvalue weighted by Gasteiger charge is 2.25. The Balaban J connectivity index is 1.24. The van der Waals surface area contributed by atoms with E-state index in [1.165, 1.54) is 0 Å². The molecule has 1 aliphatic rings. The second-order valence-electron chi connectivity index (χ2n) is 8.61. The molecule has 0 saturated carbocycles. The van der Waals surface area contributed by atoms with Crippen LogP contribution in [0.15, 0.2) is 36.8 Å². The second kappa shape index (κ2) is 8.78. The molecule has 1 aliphatic heterocycles. The normalized spacial score (nSPS) is 14.0. The van der Waals surface area contributed by atoms with Crippen molar-refractivity contribution in [3.63, 3.8) is 0 Å². The fourth-order valence-electron chi connectivity index (χ4n) is 4.54. The largest absolute Gasteiger partial charge is 0.352 e. The van der Waals surface area contributed by atoms with Crippen molar-refractivity contribution in [3.8, 4) is 0 Å². The van der Waals surface area contributed by atoms with Gasteiger partial charge in [0, 0.05) is 38.8 Å². The summed E-state index contributed by atoms with van der Waals surface area (Å²) in [5.74, 6) is 0.816. The maximum Gasteiger partial charge on any atom is 0.312 e. The zero-order valence-electron chi connectivity index (χ0n) is 19.7. The van der Waals surface area contributed by atoms with Gasteiger partial charge in [-0.15, -0.1) is 0 Å². The van der Waals surface area contributed by atoms with Crippen LogP contribution >= 0.6 is 0 Å². The first-order valence-electron chi connectivity index (χ1n) is 11.3. The Bertz CT molecular complexity index is 1420. The molecule has 0 atom stereocenters. The minimum Gasteiger partial charge on any atom is -0.352 e. The highest BCUT2D eigenvalue weighted by molar-refractivity contribution is 5.94. The molecule has 0 spiro atoms. The van der Waals surface area contributed by atoms with Crippen LogP contribution < -0.4 is 4.90 Å². The molecular formula is C23H25N9O3. The van der Waals surface area contributed by atoms with Crippen LogP contribution in [-0.4, -0.2) is 71.4 Å². The van der Waals surface area contributed by atoms with Crippen LogP contribution in [0, 0.1) is 24.0 Å². The molecule has 35 heavy (non-hydrogen) atoms. The molecule has 1 amide bonds. The molecular weight excluding hydrogens is 450 g/mol. The molecule has 0 unspecified atom stereocenters. The van der Waals surface area contributed by atoms with Gasteiger partial charge >= 0.3 is 5.69 Å². The number of aromatic nitrogens is 6. The fraction of sp³-hybridized carbons (Fsp3) is 0.348. The Kier molecular flexibility index (Phi) is 5.63. The monoisotopic (exact) mass is 475 g/mol. The summed E-state index contributed by atoms with van der Waals surface area (Å²) in [7, 11) is 1.85. The summed E-state index contributed by atoms with van der Waals surface area (Å²) in [5.41, 5.74) is 3.25. The molecule has 12 nitrogen and oxygen atoms in total. The fourth-order valence-corrected chi connectivity index (χ4v) is 4.54. The molecule has 1 saturated heterocycles. The number of rotatable bonds is 5. The van der Waals surface area contributed by atoms with E-state index < -0.39 is 4.92 Å². The molecule has 4 heterocycles. The zero-order chi connectivity index (χ0) is 24.7. The first kappa shape index (κ1) is 22.4. The van der Waals surface area contributed by atoms with Crippen LogP contribution in [0.5, 0.6) is 0 Å². The Hall–Kier alpha value is -4.35. The summed E-state index contributed by atoms with van der Waals surface area (Å²) < 4.78 is 3.34. The van der Waals surface area contributed by atoms with Gasteiger partial charge in [-0.3, -0.25) is 24.3 Å². The van der Waals surface area contributed by atoms with E-state index in [4.69, 9.17) is 0 Å². The second-order valence-corrected chi connectivity index (χ2v) is 8.61. The maximum absolute atomic E-state index is 13.1. The van der Waals surface area contributed by atoms with Crippen molar-refractivity contribution >= 4 is 28.4 Å². The van der Waals surface area contributed by atoms with Gasteiger partial charge in [0.05, 0.1) is 23.1 Å². The van der Waals surface area contributed by atoms with Crippen LogP contribution in [0.25, 0.3) is 11.0 Å². The van der Waals surface area contributed by atoms with Crippen molar-refractivity contribution in [3.05, 3.63) is 69.4 Å². The van der Waals surface area contributed by atoms with Crippen molar-refractivity contribution in [2.45, 2.75) is 20.4 Å². The van der Waals surface area contributed by atoms with Gasteiger partial charge in [-0.1, -0.05) is 12.1 Å². The van der Waals surface area contributed by atoms with Crippen LogP contribution in [0.3, 0.4) is 0 Å². The number of anilines is 1. The molecule has 0 radical (unpaired) electrons. The van der Waals surface area contributed by atoms with Crippen LogP contribution in [0.2, 0.25) is 0 Å². The smallest absolute Gasteiger partial charge is 0.312 e. The van der Waals surface area contributed by atoms with Crippen LogP contribution in [0.1, 0.15) is 27.3 Å². The van der Waals surface area contributed by atoms with E-state index in [2.05, 4.69) is 25.1 Å². The van der Waals surface area contributed by atoms with Gasteiger partial charge in [0.2, 0.25) is 0 Å². The van der Waals surface area contributed by atoms with Crippen molar-refractivity contribution in [1.82, 2.24) is 34.4 Å². The summed E-state index contributed by atoms with van der Waals surface area (Å²) in [6.07, 6.45) is 3.32. The number of nitrogens with zero attached hydrogens (tertiary/aromatic N) is 9. The lowest BCUT2D eigenvalue weighted by Crippen LogP contribution is -2.49. The van der Waals surface area contributed by atoms with E-state index in [1.807, 2.05) is 24.1 Å². The summed E-state index contributed by atoms with van der Waals surface area (Å²) in [4.78, 5) is 36.7. The predicted molar refractivity (Wildman–Crippen MR) is 128 cm³/mol. The van der Waals surface area contributed by atoms with Gasteiger partial charge in [-0.25, -0.2) is 9.97 Å². The van der Waals surface area contributed by atoms with Gasteiger partial charge in [-0.05, 0) is 31.5 Å². The maximum atomic E-state index is 13.1. The Labute approximate surface area is 200 Å². The van der Waals surface area contributed by atoms with E-state index in [0.29, 0.717) is 49.7 Å². The summed E-state index contributed by atoms with van der Waals surface area (Å²) in [6.45, 7) is 6.23. The third-order valence-corrected chi connectivity index (χ3v) is 6.43. The van der Waals surface area contributed by atoms with Crippen molar-refractivity contribution in [2.75, 3.05) is 31.1 Å². The van der Waals surface area contributed by atoms with Gasteiger partial charge < -0.3 is 9.80 Å². The first-order chi connectivity index (χ1) is 16.8. The lowest BCUT2D eigenvalue weighted by molar-refractivity contribution is -0.386. The third-order valence-electron chi connectivity index (χ3n) is 6.43. The van der Waals surface area contributed by atoms with Gasteiger partial charge in [0.25, 0.3) is 5.91 Å². The lowest BCUT2D eigenvalue weighted by Gasteiger charge is -2.35. The number of carbonyl (C=O) groups is 1. The Morgan fingerprint density at radius 3 is 2.46 bits per heavy atom. The quantitative estimate of drug-likeness (QED) is 0.317. The Morgan fingerprint density at radius 2 is 1.80 bits per heavy atom. The molecule has 5 rings (SSSR count). The highest BCUT2D eigenvalue weighted by Crippen LogP contribution is 2.24. The average molecular weight is 476 g/mol. The number of nitro groups is 1. The van der Waals surface area contributed by atoms with Gasteiger partial charge in [-0.2, -0.15) is 10.2 Å². The zero-order valence-corrected chi connectivity index (χ0v) is 19.7. The number of benzene rings is 1. The SMILES string of the molecule is Cc1nn(Cc2ccc(C(=O)N3CCN(c4ncnc5c4cnn5C)CC3)cc2)c(C)c1[N+](=O)[O-]. The molecule has 3 aromatic heterocycles. The standard InChI is InChI=1S/C23H25N9O3/c1-15-20(32(34)35)16(2)31(27-15)13-17-4-6-18(7-5-17)23(33)30-10-8-29(9-11-30)22-19-12-26-28(3)21(19)24-14-25-22/h4-7,12,14H,8-11,13H2,1-3H3. The van der Waals surface area contributed by atoms with Gasteiger partial charge in [0.15, 0.2) is 5.65 Å². The predicted octanol–water partition coefficient (Wildman–Crippen LogP) is 2.10. The molecule has 0 bridgehead atoms. The van der Waals surface area contributed by atoms with Crippen LogP contribution in [0.4, 0.5) is 11.5 Å². The van der Waals surface area contributed by atoms with Crippen LogP contribution in [-0.2, 0) is 13.6 Å². The van der Waals surface area contributed by atoms with Gasteiger partial charge in [0.1, 0.15) is 23.5 Å². The topological polar surface area (TPSA) is 128 Å². The van der Waals surface area contributed by atoms with E-state index in [9.17, 15) is 14.9 Å². The van der Waals surface area contributed by atoms with Crippen molar-refractivity contribution in [1.29, 1.82) is 0 Å². The van der Waals surface area contributed by atoms with E-state index in [-0.39, 0.29) is 11.6 Å². The number of hydrogen-bond acceptors (Lipinski definition) is 8. The third kappa shape index (κ3) is 4.07. The molecule has 0 N–H and O–H groups in total. The number of aryl methyl sites for hydroxylation is 2. The minimum atomic E-state index is -0.403. The summed E-state index contributed by atoms with van der Waals surface area (Å²) in [5, 5.41) is 20.7. The number of piperazine rings is 1. The van der Waals surface area contributed by atoms with E-state index >= 15 is 0 Å². The minimum absolute atomic E-state index is 0.0211. The Morgan fingerprint density at radius 1 is 1.09 bits per heavy atom. The first-order valence-corrected chi connectivity index (χ1v) is 11.3. The summed E-state index contributed by atoms with van der Waals surface area (Å²) >= 11 is 0. The van der Waals surface area contributed by atoms with E-state index in [1.54, 1.807) is 47.9 Å². The summed E-state index contributed by atoms with van der Waals surface area (Å²) in [6, 6.07) is 7.33. The highest BCUT2D eigenvalue weighted by atomic mass is 16.6. The van der Waals surface area contributed by atoms with Crippen molar-refractivity contribution in [2.24, 2.45) is 7.05 Å². The molecule has 1 aromatic carbocycles. The lowest BCUT2D eigenvalue weighted by atomic mass is 10.1. The molecule has 12 heteroatoms.